The Labute approximate surface area is 194 Å². The molecule has 0 aromatic heterocycles. The third-order valence-corrected chi connectivity index (χ3v) is 4.66. The van der Waals surface area contributed by atoms with Crippen LogP contribution in [0.1, 0.15) is 15.9 Å². The van der Waals surface area contributed by atoms with Crippen molar-refractivity contribution in [2.75, 3.05) is 19.0 Å². The van der Waals surface area contributed by atoms with Crippen molar-refractivity contribution in [1.29, 1.82) is 0 Å². The zero-order valence-electron chi connectivity index (χ0n) is 17.0. The van der Waals surface area contributed by atoms with E-state index >= 15 is 0 Å². The monoisotopic (exact) mass is 471 g/mol. The normalized spacial score (nSPS) is 10.6. The third-order valence-electron chi connectivity index (χ3n) is 4.16. The molecule has 7 nitrogen and oxygen atoms in total. The van der Waals surface area contributed by atoms with Crippen molar-refractivity contribution in [3.8, 4) is 11.5 Å². The first kappa shape index (κ1) is 23.1. The minimum Gasteiger partial charge on any atom is -0.493 e. The summed E-state index contributed by atoms with van der Waals surface area (Å²) in [5.41, 5.74) is 4.15. The SMILES string of the molecule is COc1cc(/C=N/NC(=O)c2ccc(Cl)cc2)ccc1OCC(=O)Nc1ccc(Cl)cc1. The van der Waals surface area contributed by atoms with Crippen LogP contribution in [0, 0.1) is 0 Å². The number of anilines is 1. The van der Waals surface area contributed by atoms with Crippen LogP contribution in [0.5, 0.6) is 11.5 Å². The first-order valence-corrected chi connectivity index (χ1v) is 10.2. The highest BCUT2D eigenvalue weighted by Gasteiger charge is 2.09. The maximum absolute atomic E-state index is 12.1. The van der Waals surface area contributed by atoms with Gasteiger partial charge < -0.3 is 14.8 Å². The highest BCUT2D eigenvalue weighted by molar-refractivity contribution is 6.31. The Balaban J connectivity index is 1.55. The molecule has 3 aromatic carbocycles. The molecule has 0 saturated carbocycles. The Bertz CT molecular complexity index is 1120. The summed E-state index contributed by atoms with van der Waals surface area (Å²) in [5, 5.41) is 7.78. The van der Waals surface area contributed by atoms with Crippen molar-refractivity contribution in [3.63, 3.8) is 0 Å². The summed E-state index contributed by atoms with van der Waals surface area (Å²) in [7, 11) is 1.49. The van der Waals surface area contributed by atoms with Crippen LogP contribution in [-0.4, -0.2) is 31.7 Å². The fraction of sp³-hybridized carbons (Fsp3) is 0.0870. The number of hydrogen-bond acceptors (Lipinski definition) is 5. The molecule has 0 saturated heterocycles. The lowest BCUT2D eigenvalue weighted by Gasteiger charge is -2.11. The molecule has 0 aliphatic rings. The fourth-order valence-corrected chi connectivity index (χ4v) is 2.84. The molecule has 0 unspecified atom stereocenters. The van der Waals surface area contributed by atoms with Crippen molar-refractivity contribution in [1.82, 2.24) is 5.43 Å². The average Bonchev–Trinajstić information content (AvgIpc) is 2.80. The number of benzene rings is 3. The summed E-state index contributed by atoms with van der Waals surface area (Å²) >= 11 is 11.6. The van der Waals surface area contributed by atoms with Gasteiger partial charge in [-0.2, -0.15) is 5.10 Å². The van der Waals surface area contributed by atoms with Crippen molar-refractivity contribution < 1.29 is 19.1 Å². The second-order valence-electron chi connectivity index (χ2n) is 6.46. The molecule has 0 heterocycles. The van der Waals surface area contributed by atoms with Gasteiger partial charge in [0.1, 0.15) is 0 Å². The average molecular weight is 472 g/mol. The Morgan fingerprint density at radius 1 is 0.938 bits per heavy atom. The maximum atomic E-state index is 12.1. The zero-order valence-corrected chi connectivity index (χ0v) is 18.5. The molecule has 3 rings (SSSR count). The van der Waals surface area contributed by atoms with E-state index in [0.29, 0.717) is 38.4 Å². The highest BCUT2D eigenvalue weighted by atomic mass is 35.5. The molecule has 0 radical (unpaired) electrons. The van der Waals surface area contributed by atoms with Gasteiger partial charge in [-0.3, -0.25) is 9.59 Å². The van der Waals surface area contributed by atoms with Crippen LogP contribution in [0.3, 0.4) is 0 Å². The first-order chi connectivity index (χ1) is 15.4. The van der Waals surface area contributed by atoms with Gasteiger partial charge >= 0.3 is 0 Å². The van der Waals surface area contributed by atoms with Gasteiger partial charge in [0.05, 0.1) is 13.3 Å². The molecule has 2 amide bonds. The molecular formula is C23H19Cl2N3O4. The van der Waals surface area contributed by atoms with E-state index < -0.39 is 0 Å². The van der Waals surface area contributed by atoms with Gasteiger partial charge in [-0.1, -0.05) is 23.2 Å². The number of carbonyl (C=O) groups excluding carboxylic acids is 2. The van der Waals surface area contributed by atoms with Crippen molar-refractivity contribution >= 4 is 46.9 Å². The molecule has 32 heavy (non-hydrogen) atoms. The summed E-state index contributed by atoms with van der Waals surface area (Å²) < 4.78 is 10.9. The van der Waals surface area contributed by atoms with E-state index in [2.05, 4.69) is 15.8 Å². The number of nitrogens with one attached hydrogen (secondary N) is 2. The summed E-state index contributed by atoms with van der Waals surface area (Å²) in [6, 6.07) is 18.2. The third kappa shape index (κ3) is 6.73. The standard InChI is InChI=1S/C23H19Cl2N3O4/c1-31-21-12-15(13-26-28-23(30)16-3-5-17(24)6-4-16)2-11-20(21)32-14-22(29)27-19-9-7-18(25)8-10-19/h2-13H,14H2,1H3,(H,27,29)(H,28,30)/b26-13+. The van der Waals surface area contributed by atoms with Crippen LogP contribution >= 0.6 is 23.2 Å². The van der Waals surface area contributed by atoms with Crippen LogP contribution in [0.2, 0.25) is 10.0 Å². The van der Waals surface area contributed by atoms with Crippen LogP contribution in [0.4, 0.5) is 5.69 Å². The molecule has 0 bridgehead atoms. The number of methoxy groups -OCH3 is 1. The molecule has 2 N–H and O–H groups in total. The van der Waals surface area contributed by atoms with Crippen LogP contribution in [0.25, 0.3) is 0 Å². The molecule has 0 aliphatic carbocycles. The number of hydrogen-bond donors (Lipinski definition) is 2. The number of rotatable bonds is 8. The Hall–Kier alpha value is -3.55. The number of ether oxygens (including phenoxy) is 2. The van der Waals surface area contributed by atoms with E-state index in [1.165, 1.54) is 13.3 Å². The van der Waals surface area contributed by atoms with Crippen molar-refractivity contribution in [3.05, 3.63) is 87.9 Å². The largest absolute Gasteiger partial charge is 0.493 e. The number of hydrazone groups is 1. The van der Waals surface area contributed by atoms with E-state index in [-0.39, 0.29) is 18.4 Å². The minimum absolute atomic E-state index is 0.205. The number of nitrogens with zero attached hydrogens (tertiary/aromatic N) is 1. The summed E-state index contributed by atoms with van der Waals surface area (Å²) in [6.45, 7) is -0.205. The number of halogens is 2. The molecule has 0 fully saturated rings. The van der Waals surface area contributed by atoms with Gasteiger partial charge in [-0.25, -0.2) is 5.43 Å². The van der Waals surface area contributed by atoms with Crippen LogP contribution in [-0.2, 0) is 4.79 Å². The van der Waals surface area contributed by atoms with E-state index in [9.17, 15) is 9.59 Å². The van der Waals surface area contributed by atoms with E-state index in [1.54, 1.807) is 66.7 Å². The molecule has 3 aromatic rings. The first-order valence-electron chi connectivity index (χ1n) is 9.40. The van der Waals surface area contributed by atoms with Crippen LogP contribution < -0.4 is 20.2 Å². The second-order valence-corrected chi connectivity index (χ2v) is 7.33. The summed E-state index contributed by atoms with van der Waals surface area (Å²) in [6.07, 6.45) is 1.47. The minimum atomic E-state index is -0.364. The lowest BCUT2D eigenvalue weighted by Crippen LogP contribution is -2.20. The highest BCUT2D eigenvalue weighted by Crippen LogP contribution is 2.27. The van der Waals surface area contributed by atoms with Gasteiger partial charge in [0.15, 0.2) is 18.1 Å². The molecule has 0 spiro atoms. The Morgan fingerprint density at radius 3 is 2.25 bits per heavy atom. The molecule has 0 atom stereocenters. The lowest BCUT2D eigenvalue weighted by atomic mass is 10.2. The van der Waals surface area contributed by atoms with E-state index in [4.69, 9.17) is 32.7 Å². The predicted molar refractivity (Wildman–Crippen MR) is 125 cm³/mol. The fourth-order valence-electron chi connectivity index (χ4n) is 2.59. The van der Waals surface area contributed by atoms with Crippen molar-refractivity contribution in [2.45, 2.75) is 0 Å². The van der Waals surface area contributed by atoms with Gasteiger partial charge in [0, 0.05) is 21.3 Å². The molecule has 164 valence electrons. The molecular weight excluding hydrogens is 453 g/mol. The zero-order chi connectivity index (χ0) is 22.9. The van der Waals surface area contributed by atoms with Gasteiger partial charge in [0.2, 0.25) is 0 Å². The summed E-state index contributed by atoms with van der Waals surface area (Å²) in [4.78, 5) is 24.2. The van der Waals surface area contributed by atoms with Crippen LogP contribution in [0.15, 0.2) is 71.8 Å². The van der Waals surface area contributed by atoms with E-state index in [0.717, 1.165) is 0 Å². The number of amides is 2. The summed E-state index contributed by atoms with van der Waals surface area (Å²) in [5.74, 6) is 0.111. The quantitative estimate of drug-likeness (QED) is 0.365. The van der Waals surface area contributed by atoms with Gasteiger partial charge in [0.25, 0.3) is 11.8 Å². The van der Waals surface area contributed by atoms with Crippen molar-refractivity contribution in [2.24, 2.45) is 5.10 Å². The smallest absolute Gasteiger partial charge is 0.271 e. The Morgan fingerprint density at radius 2 is 1.59 bits per heavy atom. The van der Waals surface area contributed by atoms with E-state index in [1.807, 2.05) is 0 Å². The lowest BCUT2D eigenvalue weighted by molar-refractivity contribution is -0.118. The topological polar surface area (TPSA) is 89.0 Å². The predicted octanol–water partition coefficient (Wildman–Crippen LogP) is 4.78. The van der Waals surface area contributed by atoms with Gasteiger partial charge in [-0.05, 0) is 72.3 Å². The maximum Gasteiger partial charge on any atom is 0.271 e. The van der Waals surface area contributed by atoms with Gasteiger partial charge in [-0.15, -0.1) is 0 Å². The molecule has 0 aliphatic heterocycles. The molecule has 9 heteroatoms. The number of carbonyl (C=O) groups is 2. The Kier molecular flexibility index (Phi) is 8.08. The second kappa shape index (κ2) is 11.2.